The highest BCUT2D eigenvalue weighted by Crippen LogP contribution is 2.36. The van der Waals surface area contributed by atoms with Crippen LogP contribution in [-0.2, 0) is 0 Å². The van der Waals surface area contributed by atoms with Gasteiger partial charge in [0, 0.05) is 0 Å². The Hall–Kier alpha value is -2.07. The Kier molecular flexibility index (Phi) is 4.25. The maximum atomic E-state index is 13.4. The lowest BCUT2D eigenvalue weighted by atomic mass is 9.96. The fourth-order valence-corrected chi connectivity index (χ4v) is 2.21. The minimum atomic E-state index is -0.444. The van der Waals surface area contributed by atoms with Crippen LogP contribution in [0.25, 0.3) is 0 Å². The van der Waals surface area contributed by atoms with E-state index in [4.69, 9.17) is 15.2 Å². The minimum Gasteiger partial charge on any atom is -0.496 e. The van der Waals surface area contributed by atoms with Crippen molar-refractivity contribution in [1.29, 1.82) is 0 Å². The predicted octanol–water partition coefficient (Wildman–Crippen LogP) is 3.20. The largest absolute Gasteiger partial charge is 0.496 e. The van der Waals surface area contributed by atoms with Crippen molar-refractivity contribution in [3.8, 4) is 11.5 Å². The fraction of sp³-hybridized carbons (Fsp3) is 0.250. The molecule has 0 spiro atoms. The van der Waals surface area contributed by atoms with Crippen molar-refractivity contribution < 1.29 is 13.9 Å². The molecule has 3 nitrogen and oxygen atoms in total. The Labute approximate surface area is 118 Å². The molecule has 1 unspecified atom stereocenters. The normalized spacial score (nSPS) is 12.1. The van der Waals surface area contributed by atoms with Crippen molar-refractivity contribution in [3.63, 3.8) is 0 Å². The molecule has 2 rings (SSSR count). The standard InChI is InChI=1S/C16H18FNO2/c1-10-9-11(7-8-12(10)17)16(18)15-13(19-2)5-4-6-14(15)20-3/h4-9,16H,18H2,1-3H3. The van der Waals surface area contributed by atoms with Crippen molar-refractivity contribution in [2.75, 3.05) is 14.2 Å². The first-order valence-electron chi connectivity index (χ1n) is 6.31. The Morgan fingerprint density at radius 1 is 1.05 bits per heavy atom. The molecule has 0 amide bonds. The Morgan fingerprint density at radius 2 is 1.65 bits per heavy atom. The molecule has 0 aromatic heterocycles. The van der Waals surface area contributed by atoms with E-state index in [1.807, 2.05) is 18.2 Å². The summed E-state index contributed by atoms with van der Waals surface area (Å²) < 4.78 is 24.1. The SMILES string of the molecule is COc1cccc(OC)c1C(N)c1ccc(F)c(C)c1. The van der Waals surface area contributed by atoms with E-state index in [2.05, 4.69) is 0 Å². The lowest BCUT2D eigenvalue weighted by molar-refractivity contribution is 0.382. The molecule has 0 saturated carbocycles. The Balaban J connectivity index is 2.51. The van der Waals surface area contributed by atoms with Crippen molar-refractivity contribution >= 4 is 0 Å². The molecule has 1 atom stereocenters. The van der Waals surface area contributed by atoms with Gasteiger partial charge in [0.25, 0.3) is 0 Å². The zero-order chi connectivity index (χ0) is 14.7. The third kappa shape index (κ3) is 2.60. The van der Waals surface area contributed by atoms with E-state index in [1.165, 1.54) is 6.07 Å². The minimum absolute atomic E-state index is 0.243. The van der Waals surface area contributed by atoms with Gasteiger partial charge in [0.05, 0.1) is 25.8 Å². The third-order valence-electron chi connectivity index (χ3n) is 3.32. The van der Waals surface area contributed by atoms with E-state index in [0.717, 1.165) is 11.1 Å². The molecular weight excluding hydrogens is 257 g/mol. The monoisotopic (exact) mass is 275 g/mol. The van der Waals surface area contributed by atoms with Crippen molar-refractivity contribution in [3.05, 3.63) is 58.9 Å². The molecule has 106 valence electrons. The van der Waals surface area contributed by atoms with Crippen LogP contribution in [0.1, 0.15) is 22.7 Å². The summed E-state index contributed by atoms with van der Waals surface area (Å²) in [6.07, 6.45) is 0. The summed E-state index contributed by atoms with van der Waals surface area (Å²) in [7, 11) is 3.17. The van der Waals surface area contributed by atoms with Gasteiger partial charge in [-0.25, -0.2) is 4.39 Å². The first kappa shape index (κ1) is 14.3. The number of ether oxygens (including phenoxy) is 2. The van der Waals surface area contributed by atoms with Crippen LogP contribution in [0.3, 0.4) is 0 Å². The van der Waals surface area contributed by atoms with Crippen molar-refractivity contribution in [2.24, 2.45) is 5.73 Å². The first-order valence-corrected chi connectivity index (χ1v) is 6.31. The zero-order valence-corrected chi connectivity index (χ0v) is 11.8. The topological polar surface area (TPSA) is 44.5 Å². The van der Waals surface area contributed by atoms with Gasteiger partial charge < -0.3 is 15.2 Å². The van der Waals surface area contributed by atoms with Gasteiger partial charge in [0.15, 0.2) is 0 Å². The number of hydrogen-bond acceptors (Lipinski definition) is 3. The molecule has 0 fully saturated rings. The summed E-state index contributed by atoms with van der Waals surface area (Å²) >= 11 is 0. The fourth-order valence-electron chi connectivity index (χ4n) is 2.21. The van der Waals surface area contributed by atoms with Crippen LogP contribution < -0.4 is 15.2 Å². The number of methoxy groups -OCH3 is 2. The van der Waals surface area contributed by atoms with Crippen LogP contribution >= 0.6 is 0 Å². The summed E-state index contributed by atoms with van der Waals surface area (Å²) in [5.41, 5.74) is 8.43. The molecule has 4 heteroatoms. The molecule has 0 aliphatic heterocycles. The molecule has 0 aliphatic rings. The number of nitrogens with two attached hydrogens (primary N) is 1. The van der Waals surface area contributed by atoms with E-state index in [9.17, 15) is 4.39 Å². The van der Waals surface area contributed by atoms with Crippen LogP contribution in [0.15, 0.2) is 36.4 Å². The van der Waals surface area contributed by atoms with Gasteiger partial charge in [0.1, 0.15) is 17.3 Å². The summed E-state index contributed by atoms with van der Waals surface area (Å²) in [5.74, 6) is 1.06. The van der Waals surface area contributed by atoms with Gasteiger partial charge in [-0.2, -0.15) is 0 Å². The lowest BCUT2D eigenvalue weighted by Gasteiger charge is -2.19. The summed E-state index contributed by atoms with van der Waals surface area (Å²) in [4.78, 5) is 0. The number of benzene rings is 2. The molecule has 0 radical (unpaired) electrons. The quantitative estimate of drug-likeness (QED) is 0.932. The maximum Gasteiger partial charge on any atom is 0.127 e. The summed E-state index contributed by atoms with van der Waals surface area (Å²) in [6, 6.07) is 9.89. The molecule has 0 heterocycles. The molecule has 0 aliphatic carbocycles. The van der Waals surface area contributed by atoms with Crippen LogP contribution in [0.4, 0.5) is 4.39 Å². The highest BCUT2D eigenvalue weighted by Gasteiger charge is 2.19. The van der Waals surface area contributed by atoms with Gasteiger partial charge in [-0.15, -0.1) is 0 Å². The number of aryl methyl sites for hydroxylation is 1. The summed E-state index contributed by atoms with van der Waals surface area (Å²) in [6.45, 7) is 1.71. The third-order valence-corrected chi connectivity index (χ3v) is 3.32. The molecule has 20 heavy (non-hydrogen) atoms. The number of halogens is 1. The van der Waals surface area contributed by atoms with Crippen molar-refractivity contribution in [1.82, 2.24) is 0 Å². The zero-order valence-electron chi connectivity index (χ0n) is 11.8. The van der Waals surface area contributed by atoms with Crippen LogP contribution in [0, 0.1) is 12.7 Å². The highest BCUT2D eigenvalue weighted by molar-refractivity contribution is 5.50. The van der Waals surface area contributed by atoms with Gasteiger partial charge in [-0.1, -0.05) is 18.2 Å². The van der Waals surface area contributed by atoms with Gasteiger partial charge in [-0.05, 0) is 36.2 Å². The molecule has 0 saturated heterocycles. The predicted molar refractivity (Wildman–Crippen MR) is 76.7 cm³/mol. The number of rotatable bonds is 4. The van der Waals surface area contributed by atoms with E-state index in [-0.39, 0.29) is 5.82 Å². The molecule has 2 N–H and O–H groups in total. The van der Waals surface area contributed by atoms with Crippen molar-refractivity contribution in [2.45, 2.75) is 13.0 Å². The Bertz CT molecular complexity index is 591. The lowest BCUT2D eigenvalue weighted by Crippen LogP contribution is -2.14. The van der Waals surface area contributed by atoms with Gasteiger partial charge in [0.2, 0.25) is 0 Å². The first-order chi connectivity index (χ1) is 9.58. The van der Waals surface area contributed by atoms with Crippen LogP contribution in [0.2, 0.25) is 0 Å². The maximum absolute atomic E-state index is 13.4. The molecule has 2 aromatic carbocycles. The highest BCUT2D eigenvalue weighted by atomic mass is 19.1. The average Bonchev–Trinajstić information content (AvgIpc) is 2.48. The van der Waals surface area contributed by atoms with Crippen LogP contribution in [-0.4, -0.2) is 14.2 Å². The molecular formula is C16H18FNO2. The van der Waals surface area contributed by atoms with Crippen LogP contribution in [0.5, 0.6) is 11.5 Å². The van der Waals surface area contributed by atoms with Gasteiger partial charge >= 0.3 is 0 Å². The Morgan fingerprint density at radius 3 is 2.15 bits per heavy atom. The average molecular weight is 275 g/mol. The van der Waals surface area contributed by atoms with Gasteiger partial charge in [-0.3, -0.25) is 0 Å². The second-order valence-electron chi connectivity index (χ2n) is 4.56. The van der Waals surface area contributed by atoms with E-state index < -0.39 is 6.04 Å². The molecule has 0 bridgehead atoms. The number of hydrogen-bond donors (Lipinski definition) is 1. The second kappa shape index (κ2) is 5.92. The second-order valence-corrected chi connectivity index (χ2v) is 4.56. The molecule has 2 aromatic rings. The van der Waals surface area contributed by atoms with E-state index in [1.54, 1.807) is 33.3 Å². The van der Waals surface area contributed by atoms with E-state index >= 15 is 0 Å². The smallest absolute Gasteiger partial charge is 0.127 e. The summed E-state index contributed by atoms with van der Waals surface area (Å²) in [5, 5.41) is 0. The van der Waals surface area contributed by atoms with E-state index in [0.29, 0.717) is 17.1 Å².